The van der Waals surface area contributed by atoms with Crippen LogP contribution >= 0.6 is 0 Å². The molecule has 1 atom stereocenters. The van der Waals surface area contributed by atoms with Crippen molar-refractivity contribution >= 4 is 21.6 Å². The summed E-state index contributed by atoms with van der Waals surface area (Å²) < 4.78 is 25.8. The molecule has 0 unspecified atom stereocenters. The first-order valence-corrected chi connectivity index (χ1v) is 11.1. The number of carbonyl (C=O) groups is 1. The minimum atomic E-state index is -3.41. The Morgan fingerprint density at radius 3 is 2.37 bits per heavy atom. The normalized spacial score (nSPS) is 17.6. The highest BCUT2D eigenvalue weighted by atomic mass is 32.2. The lowest BCUT2D eigenvalue weighted by Gasteiger charge is -2.31. The van der Waals surface area contributed by atoms with E-state index in [2.05, 4.69) is 6.92 Å². The van der Waals surface area contributed by atoms with E-state index in [-0.39, 0.29) is 12.5 Å². The zero-order chi connectivity index (χ0) is 19.4. The van der Waals surface area contributed by atoms with E-state index in [1.165, 1.54) is 17.0 Å². The molecule has 3 rings (SSSR count). The summed E-state index contributed by atoms with van der Waals surface area (Å²) in [6.07, 6.45) is 3.42. The van der Waals surface area contributed by atoms with Gasteiger partial charge in [0.25, 0.3) is 5.91 Å². The monoisotopic (exact) mass is 386 g/mol. The van der Waals surface area contributed by atoms with Crippen LogP contribution in [0, 0.1) is 5.92 Å². The molecule has 0 bridgehead atoms. The van der Waals surface area contributed by atoms with Crippen molar-refractivity contribution in [1.29, 1.82) is 0 Å². The Bertz CT molecular complexity index is 879. The summed E-state index contributed by atoms with van der Waals surface area (Å²) in [4.78, 5) is 14.6. The summed E-state index contributed by atoms with van der Waals surface area (Å²) in [6.45, 7) is 4.02. The second-order valence-electron chi connectivity index (χ2n) is 7.30. The third-order valence-electron chi connectivity index (χ3n) is 4.92. The molecule has 1 fully saturated rings. The molecular weight excluding hydrogens is 360 g/mol. The second-order valence-corrected chi connectivity index (χ2v) is 9.21. The number of likely N-dealkylation sites (tertiary alicyclic amines) is 1. The number of hydrogen-bond acceptors (Lipinski definition) is 3. The topological polar surface area (TPSA) is 57.7 Å². The van der Waals surface area contributed by atoms with Crippen LogP contribution in [0.25, 0.3) is 0 Å². The average Bonchev–Trinajstić information content (AvgIpc) is 2.66. The SMILES string of the molecule is C[C@@H]1CCCN(C(=O)c2ccc(CN(c3ccccc3)S(C)(=O)=O)cc2)C1. The first-order chi connectivity index (χ1) is 12.8. The van der Waals surface area contributed by atoms with E-state index in [0.717, 1.165) is 25.1 Å². The molecule has 1 aliphatic rings. The molecule has 27 heavy (non-hydrogen) atoms. The van der Waals surface area contributed by atoms with Gasteiger partial charge >= 0.3 is 0 Å². The Kier molecular flexibility index (Phi) is 5.85. The number of anilines is 1. The summed E-state index contributed by atoms with van der Waals surface area (Å²) in [7, 11) is -3.41. The summed E-state index contributed by atoms with van der Waals surface area (Å²) in [5.74, 6) is 0.590. The van der Waals surface area contributed by atoms with Gasteiger partial charge in [0.05, 0.1) is 18.5 Å². The first-order valence-electron chi connectivity index (χ1n) is 9.25. The maximum absolute atomic E-state index is 12.7. The molecule has 0 spiro atoms. The highest BCUT2D eigenvalue weighted by molar-refractivity contribution is 7.92. The summed E-state index contributed by atoms with van der Waals surface area (Å²) in [6, 6.07) is 16.3. The number of amides is 1. The van der Waals surface area contributed by atoms with Gasteiger partial charge < -0.3 is 4.90 Å². The smallest absolute Gasteiger partial charge is 0.253 e. The van der Waals surface area contributed by atoms with E-state index in [1.807, 2.05) is 35.2 Å². The van der Waals surface area contributed by atoms with Crippen molar-refractivity contribution in [1.82, 2.24) is 4.90 Å². The van der Waals surface area contributed by atoms with Crippen LogP contribution in [0.15, 0.2) is 54.6 Å². The molecule has 0 radical (unpaired) electrons. The van der Waals surface area contributed by atoms with Gasteiger partial charge in [-0.2, -0.15) is 0 Å². The third-order valence-corrected chi connectivity index (χ3v) is 6.06. The van der Waals surface area contributed by atoms with E-state index >= 15 is 0 Å². The Balaban J connectivity index is 1.75. The summed E-state index contributed by atoms with van der Waals surface area (Å²) in [5, 5.41) is 0. The zero-order valence-corrected chi connectivity index (χ0v) is 16.7. The molecule has 6 heteroatoms. The molecule has 2 aromatic rings. The van der Waals surface area contributed by atoms with Crippen LogP contribution < -0.4 is 4.31 Å². The number of piperidine rings is 1. The molecule has 0 aromatic heterocycles. The molecule has 1 saturated heterocycles. The van der Waals surface area contributed by atoms with Gasteiger partial charge in [0.1, 0.15) is 0 Å². The number of hydrogen-bond donors (Lipinski definition) is 0. The van der Waals surface area contributed by atoms with E-state index in [1.54, 1.807) is 24.3 Å². The minimum Gasteiger partial charge on any atom is -0.338 e. The highest BCUT2D eigenvalue weighted by Gasteiger charge is 2.22. The van der Waals surface area contributed by atoms with Crippen molar-refractivity contribution in [2.45, 2.75) is 26.3 Å². The molecule has 0 N–H and O–H groups in total. The Morgan fingerprint density at radius 2 is 1.78 bits per heavy atom. The quantitative estimate of drug-likeness (QED) is 0.790. The molecule has 1 aliphatic heterocycles. The lowest BCUT2D eigenvalue weighted by atomic mass is 9.99. The summed E-state index contributed by atoms with van der Waals surface area (Å²) in [5.41, 5.74) is 2.12. The van der Waals surface area contributed by atoms with Crippen LogP contribution in [0.4, 0.5) is 5.69 Å². The average molecular weight is 387 g/mol. The van der Waals surface area contributed by atoms with Crippen LogP contribution in [0.2, 0.25) is 0 Å². The van der Waals surface area contributed by atoms with Gasteiger partial charge in [-0.25, -0.2) is 8.42 Å². The van der Waals surface area contributed by atoms with Gasteiger partial charge in [0.2, 0.25) is 10.0 Å². The molecule has 0 saturated carbocycles. The summed E-state index contributed by atoms with van der Waals surface area (Å²) >= 11 is 0. The Hall–Kier alpha value is -2.34. The Morgan fingerprint density at radius 1 is 1.11 bits per heavy atom. The first kappa shape index (κ1) is 19.4. The highest BCUT2D eigenvalue weighted by Crippen LogP contribution is 2.21. The number of nitrogens with zero attached hydrogens (tertiary/aromatic N) is 2. The molecule has 2 aromatic carbocycles. The van der Waals surface area contributed by atoms with Crippen LogP contribution in [-0.2, 0) is 16.6 Å². The molecule has 5 nitrogen and oxygen atoms in total. The van der Waals surface area contributed by atoms with E-state index in [4.69, 9.17) is 0 Å². The zero-order valence-electron chi connectivity index (χ0n) is 15.8. The maximum atomic E-state index is 12.7. The van der Waals surface area contributed by atoms with E-state index in [0.29, 0.717) is 17.2 Å². The van der Waals surface area contributed by atoms with Crippen molar-refractivity contribution in [2.24, 2.45) is 5.92 Å². The number of rotatable bonds is 5. The Labute approximate surface area is 161 Å². The van der Waals surface area contributed by atoms with Crippen LogP contribution in [0.5, 0.6) is 0 Å². The predicted octanol–water partition coefficient (Wildman–Crippen LogP) is 3.52. The fourth-order valence-corrected chi connectivity index (χ4v) is 4.36. The van der Waals surface area contributed by atoms with Crippen molar-refractivity contribution in [3.63, 3.8) is 0 Å². The van der Waals surface area contributed by atoms with Crippen LogP contribution in [0.1, 0.15) is 35.7 Å². The lowest BCUT2D eigenvalue weighted by Crippen LogP contribution is -2.39. The van der Waals surface area contributed by atoms with Gasteiger partial charge in [-0.1, -0.05) is 37.3 Å². The lowest BCUT2D eigenvalue weighted by molar-refractivity contribution is 0.0683. The van der Waals surface area contributed by atoms with Crippen LogP contribution in [0.3, 0.4) is 0 Å². The number of para-hydroxylation sites is 1. The minimum absolute atomic E-state index is 0.0520. The largest absolute Gasteiger partial charge is 0.338 e. The predicted molar refractivity (Wildman–Crippen MR) is 108 cm³/mol. The van der Waals surface area contributed by atoms with Crippen LogP contribution in [-0.4, -0.2) is 38.6 Å². The number of sulfonamides is 1. The van der Waals surface area contributed by atoms with Crippen molar-refractivity contribution in [2.75, 3.05) is 23.7 Å². The van der Waals surface area contributed by atoms with Gasteiger partial charge in [0, 0.05) is 18.7 Å². The van der Waals surface area contributed by atoms with E-state index < -0.39 is 10.0 Å². The third kappa shape index (κ3) is 4.89. The van der Waals surface area contributed by atoms with Gasteiger partial charge in [-0.05, 0) is 48.6 Å². The van der Waals surface area contributed by atoms with Gasteiger partial charge in [-0.15, -0.1) is 0 Å². The molecular formula is C21H26N2O3S. The number of carbonyl (C=O) groups excluding carboxylic acids is 1. The van der Waals surface area contributed by atoms with Crippen molar-refractivity contribution in [3.05, 3.63) is 65.7 Å². The fraction of sp³-hybridized carbons (Fsp3) is 0.381. The standard InChI is InChI=1S/C21H26N2O3S/c1-17-7-6-14-22(15-17)21(24)19-12-10-18(11-13-19)16-23(27(2,25)26)20-8-4-3-5-9-20/h3-5,8-13,17H,6-7,14-16H2,1-2H3/t17-/m1/s1. The maximum Gasteiger partial charge on any atom is 0.253 e. The molecule has 1 heterocycles. The van der Waals surface area contributed by atoms with Gasteiger partial charge in [0.15, 0.2) is 0 Å². The fourth-order valence-electron chi connectivity index (χ4n) is 3.47. The second kappa shape index (κ2) is 8.13. The van der Waals surface area contributed by atoms with E-state index in [9.17, 15) is 13.2 Å². The van der Waals surface area contributed by atoms with Gasteiger partial charge in [-0.3, -0.25) is 9.10 Å². The van der Waals surface area contributed by atoms with Crippen molar-refractivity contribution < 1.29 is 13.2 Å². The molecule has 0 aliphatic carbocycles. The molecule has 1 amide bonds. The van der Waals surface area contributed by atoms with Crippen molar-refractivity contribution in [3.8, 4) is 0 Å². The number of benzene rings is 2. The molecule has 144 valence electrons.